The summed E-state index contributed by atoms with van der Waals surface area (Å²) < 4.78 is 0. The second-order valence-corrected chi connectivity index (χ2v) is 6.74. The van der Waals surface area contributed by atoms with Crippen LogP contribution in [0.1, 0.15) is 35.2 Å². The van der Waals surface area contributed by atoms with Crippen LogP contribution in [0.2, 0.25) is 0 Å². The average molecular weight is 352 g/mol. The largest absolute Gasteiger partial charge is 0.330 e. The van der Waals surface area contributed by atoms with Gasteiger partial charge in [-0.15, -0.1) is 0 Å². The zero-order valence-corrected chi connectivity index (χ0v) is 14.9. The minimum Gasteiger partial charge on any atom is -0.330 e. The van der Waals surface area contributed by atoms with Gasteiger partial charge in [-0.1, -0.05) is 12.5 Å². The molecule has 1 heterocycles. The maximum absolute atomic E-state index is 12.6. The highest BCUT2D eigenvalue weighted by Gasteiger charge is 2.31. The Morgan fingerprint density at radius 3 is 2.65 bits per heavy atom. The molecule has 0 saturated heterocycles. The Morgan fingerprint density at radius 1 is 1.15 bits per heavy atom. The molecule has 0 aliphatic heterocycles. The molecule has 1 aliphatic rings. The molecule has 1 aromatic carbocycles. The van der Waals surface area contributed by atoms with E-state index in [1.54, 1.807) is 30.6 Å². The Balaban J connectivity index is 1.71. The summed E-state index contributed by atoms with van der Waals surface area (Å²) in [6, 6.07) is 8.83. The monoisotopic (exact) mass is 352 g/mol. The SMILES string of the molecule is Cc1ccc(NC(=O)[C@@H]2CCC[C@@H]2CN)cc1NC(=O)c1ccncc1. The number of nitrogens with zero attached hydrogens (tertiary/aromatic N) is 1. The number of pyridine rings is 1. The first-order valence-corrected chi connectivity index (χ1v) is 8.91. The number of nitrogens with one attached hydrogen (secondary N) is 2. The van der Waals surface area contributed by atoms with E-state index in [1.165, 1.54) is 0 Å². The summed E-state index contributed by atoms with van der Waals surface area (Å²) >= 11 is 0. The summed E-state index contributed by atoms with van der Waals surface area (Å²) in [5.41, 5.74) is 8.58. The first-order valence-electron chi connectivity index (χ1n) is 8.91. The van der Waals surface area contributed by atoms with E-state index >= 15 is 0 Å². The third-order valence-electron chi connectivity index (χ3n) is 4.99. The van der Waals surface area contributed by atoms with Crippen LogP contribution in [0, 0.1) is 18.8 Å². The fraction of sp³-hybridized carbons (Fsp3) is 0.350. The van der Waals surface area contributed by atoms with Crippen molar-refractivity contribution >= 4 is 23.2 Å². The van der Waals surface area contributed by atoms with Gasteiger partial charge in [0, 0.05) is 35.2 Å². The molecular formula is C20H24N4O2. The second-order valence-electron chi connectivity index (χ2n) is 6.74. The average Bonchev–Trinajstić information content (AvgIpc) is 3.14. The number of anilines is 2. The molecule has 2 aromatic rings. The zero-order valence-electron chi connectivity index (χ0n) is 14.9. The lowest BCUT2D eigenvalue weighted by Crippen LogP contribution is -2.29. The predicted molar refractivity (Wildman–Crippen MR) is 102 cm³/mol. The number of amides is 2. The number of carbonyl (C=O) groups excluding carboxylic acids is 2. The fourth-order valence-electron chi connectivity index (χ4n) is 3.43. The van der Waals surface area contributed by atoms with E-state index < -0.39 is 0 Å². The Bertz CT molecular complexity index is 792. The van der Waals surface area contributed by atoms with Crippen molar-refractivity contribution < 1.29 is 9.59 Å². The molecule has 26 heavy (non-hydrogen) atoms. The summed E-state index contributed by atoms with van der Waals surface area (Å²) in [7, 11) is 0. The molecule has 4 N–H and O–H groups in total. The number of aryl methyl sites for hydroxylation is 1. The number of aromatic nitrogens is 1. The van der Waals surface area contributed by atoms with E-state index in [9.17, 15) is 9.59 Å². The summed E-state index contributed by atoms with van der Waals surface area (Å²) in [6.45, 7) is 2.45. The molecule has 0 radical (unpaired) electrons. The standard InChI is InChI=1S/C20H24N4O2/c1-13-5-6-16(23-20(26)17-4-2-3-15(17)12-21)11-18(13)24-19(25)14-7-9-22-10-8-14/h5-11,15,17H,2-4,12,21H2,1H3,(H,23,26)(H,24,25)/t15-,17-/m1/s1. The molecule has 1 aliphatic carbocycles. The van der Waals surface area contributed by atoms with E-state index in [-0.39, 0.29) is 23.7 Å². The molecule has 1 aromatic heterocycles. The van der Waals surface area contributed by atoms with Crippen molar-refractivity contribution in [1.29, 1.82) is 0 Å². The van der Waals surface area contributed by atoms with Crippen LogP contribution in [0.4, 0.5) is 11.4 Å². The summed E-state index contributed by atoms with van der Waals surface area (Å²) in [6.07, 6.45) is 6.09. The second kappa shape index (κ2) is 8.10. The van der Waals surface area contributed by atoms with Gasteiger partial charge in [0.25, 0.3) is 5.91 Å². The highest BCUT2D eigenvalue weighted by molar-refractivity contribution is 6.05. The van der Waals surface area contributed by atoms with Crippen molar-refractivity contribution in [2.45, 2.75) is 26.2 Å². The third kappa shape index (κ3) is 4.08. The summed E-state index contributed by atoms with van der Waals surface area (Å²) in [5.74, 6) is 0.0219. The van der Waals surface area contributed by atoms with Crippen LogP contribution in [0.15, 0.2) is 42.7 Å². The molecule has 136 valence electrons. The van der Waals surface area contributed by atoms with E-state index in [0.29, 0.717) is 23.5 Å². The lowest BCUT2D eigenvalue weighted by atomic mass is 9.95. The number of hydrogen-bond acceptors (Lipinski definition) is 4. The normalized spacial score (nSPS) is 19.2. The maximum atomic E-state index is 12.6. The number of rotatable bonds is 5. The highest BCUT2D eigenvalue weighted by Crippen LogP contribution is 2.32. The Labute approximate surface area is 153 Å². The van der Waals surface area contributed by atoms with Crippen molar-refractivity contribution in [3.05, 3.63) is 53.9 Å². The third-order valence-corrected chi connectivity index (χ3v) is 4.99. The van der Waals surface area contributed by atoms with Crippen molar-refractivity contribution in [3.8, 4) is 0 Å². The first kappa shape index (κ1) is 18.1. The molecular weight excluding hydrogens is 328 g/mol. The maximum Gasteiger partial charge on any atom is 0.255 e. The van der Waals surface area contributed by atoms with Crippen molar-refractivity contribution in [1.82, 2.24) is 4.98 Å². The molecule has 1 saturated carbocycles. The number of benzene rings is 1. The molecule has 0 unspecified atom stereocenters. The fourth-order valence-corrected chi connectivity index (χ4v) is 3.43. The smallest absolute Gasteiger partial charge is 0.255 e. The van der Waals surface area contributed by atoms with Crippen LogP contribution < -0.4 is 16.4 Å². The lowest BCUT2D eigenvalue weighted by Gasteiger charge is -2.18. The Morgan fingerprint density at radius 2 is 1.92 bits per heavy atom. The Kier molecular flexibility index (Phi) is 5.63. The number of carbonyl (C=O) groups is 2. The van der Waals surface area contributed by atoms with Gasteiger partial charge in [0.1, 0.15) is 0 Å². The topological polar surface area (TPSA) is 97.1 Å². The Hall–Kier alpha value is -2.73. The van der Waals surface area contributed by atoms with Gasteiger partial charge >= 0.3 is 0 Å². The van der Waals surface area contributed by atoms with Gasteiger partial charge in [-0.05, 0) is 62.1 Å². The summed E-state index contributed by atoms with van der Waals surface area (Å²) in [4.78, 5) is 28.8. The van der Waals surface area contributed by atoms with E-state index in [2.05, 4.69) is 15.6 Å². The zero-order chi connectivity index (χ0) is 18.5. The van der Waals surface area contributed by atoms with Crippen molar-refractivity contribution in [2.24, 2.45) is 17.6 Å². The van der Waals surface area contributed by atoms with Crippen LogP contribution in [-0.4, -0.2) is 23.3 Å². The predicted octanol–water partition coefficient (Wildman–Crippen LogP) is 2.96. The molecule has 2 amide bonds. The van der Waals surface area contributed by atoms with Gasteiger partial charge in [-0.3, -0.25) is 14.6 Å². The molecule has 0 spiro atoms. The van der Waals surface area contributed by atoms with E-state index in [0.717, 1.165) is 24.8 Å². The van der Waals surface area contributed by atoms with Gasteiger partial charge in [0.15, 0.2) is 0 Å². The van der Waals surface area contributed by atoms with Crippen LogP contribution in [0.5, 0.6) is 0 Å². The molecule has 1 fully saturated rings. The highest BCUT2D eigenvalue weighted by atomic mass is 16.2. The van der Waals surface area contributed by atoms with Crippen LogP contribution >= 0.6 is 0 Å². The first-order chi connectivity index (χ1) is 12.6. The van der Waals surface area contributed by atoms with E-state index in [1.807, 2.05) is 19.1 Å². The van der Waals surface area contributed by atoms with Crippen molar-refractivity contribution in [2.75, 3.05) is 17.2 Å². The lowest BCUT2D eigenvalue weighted by molar-refractivity contribution is -0.120. The van der Waals surface area contributed by atoms with Crippen molar-refractivity contribution in [3.63, 3.8) is 0 Å². The van der Waals surface area contributed by atoms with Gasteiger partial charge in [0.2, 0.25) is 5.91 Å². The molecule has 6 heteroatoms. The van der Waals surface area contributed by atoms with Crippen LogP contribution in [0.25, 0.3) is 0 Å². The molecule has 0 bridgehead atoms. The van der Waals surface area contributed by atoms with Gasteiger partial charge in [0.05, 0.1) is 0 Å². The molecule has 3 rings (SSSR count). The van der Waals surface area contributed by atoms with Gasteiger partial charge < -0.3 is 16.4 Å². The van der Waals surface area contributed by atoms with E-state index in [4.69, 9.17) is 5.73 Å². The number of hydrogen-bond donors (Lipinski definition) is 3. The van der Waals surface area contributed by atoms with Gasteiger partial charge in [-0.2, -0.15) is 0 Å². The molecule has 2 atom stereocenters. The summed E-state index contributed by atoms with van der Waals surface area (Å²) in [5, 5.41) is 5.86. The molecule has 6 nitrogen and oxygen atoms in total. The van der Waals surface area contributed by atoms with Crippen LogP contribution in [-0.2, 0) is 4.79 Å². The minimum atomic E-state index is -0.210. The number of nitrogens with two attached hydrogens (primary N) is 1. The van der Waals surface area contributed by atoms with Gasteiger partial charge in [-0.25, -0.2) is 0 Å². The quantitative estimate of drug-likeness (QED) is 0.770. The van der Waals surface area contributed by atoms with Crippen LogP contribution in [0.3, 0.4) is 0 Å². The minimum absolute atomic E-state index is 0.00760.